The van der Waals surface area contributed by atoms with Crippen molar-refractivity contribution in [2.75, 3.05) is 18.0 Å². The quantitative estimate of drug-likeness (QED) is 0.894. The fraction of sp³-hybridized carbons (Fsp3) is 0.615. The van der Waals surface area contributed by atoms with E-state index in [1.54, 1.807) is 6.20 Å². The summed E-state index contributed by atoms with van der Waals surface area (Å²) in [6, 6.07) is 4.94. The van der Waals surface area contributed by atoms with Gasteiger partial charge in [-0.2, -0.15) is 0 Å². The Bertz CT molecular complexity index is 344. The summed E-state index contributed by atoms with van der Waals surface area (Å²) in [5.41, 5.74) is 0. The standard InChI is InChI=1S/C13H20ClN3/c1-10(2)17(9-12-4-3-7-15-12)13-6-5-11(14)8-16-13/h5-6,8,10,12,15H,3-4,7,9H2,1-2H3. The minimum atomic E-state index is 0.450. The first-order valence-electron chi connectivity index (χ1n) is 6.28. The number of rotatable bonds is 4. The second-order valence-corrected chi connectivity index (χ2v) is 5.31. The Morgan fingerprint density at radius 3 is 2.88 bits per heavy atom. The second-order valence-electron chi connectivity index (χ2n) is 4.87. The third-order valence-corrected chi connectivity index (χ3v) is 3.43. The molecule has 1 aliphatic heterocycles. The van der Waals surface area contributed by atoms with Gasteiger partial charge in [-0.25, -0.2) is 4.98 Å². The van der Waals surface area contributed by atoms with Gasteiger partial charge in [0.1, 0.15) is 5.82 Å². The molecule has 1 unspecified atom stereocenters. The largest absolute Gasteiger partial charge is 0.353 e. The number of hydrogen-bond donors (Lipinski definition) is 1. The number of nitrogens with zero attached hydrogens (tertiary/aromatic N) is 2. The molecule has 0 saturated carbocycles. The molecule has 1 saturated heterocycles. The predicted molar refractivity (Wildman–Crippen MR) is 72.8 cm³/mol. The number of aromatic nitrogens is 1. The molecule has 1 fully saturated rings. The molecule has 1 atom stereocenters. The zero-order chi connectivity index (χ0) is 12.3. The van der Waals surface area contributed by atoms with Gasteiger partial charge in [0.2, 0.25) is 0 Å². The highest BCUT2D eigenvalue weighted by Crippen LogP contribution is 2.18. The molecule has 1 N–H and O–H groups in total. The number of halogens is 1. The summed E-state index contributed by atoms with van der Waals surface area (Å²) in [6.45, 7) is 6.56. The van der Waals surface area contributed by atoms with Crippen molar-refractivity contribution in [3.8, 4) is 0 Å². The maximum atomic E-state index is 5.87. The molecule has 0 spiro atoms. The van der Waals surface area contributed by atoms with Gasteiger partial charge in [0.15, 0.2) is 0 Å². The van der Waals surface area contributed by atoms with Gasteiger partial charge in [0, 0.05) is 24.8 Å². The molecule has 0 radical (unpaired) electrons. The molecule has 17 heavy (non-hydrogen) atoms. The van der Waals surface area contributed by atoms with Gasteiger partial charge in [0.05, 0.1) is 5.02 Å². The Balaban J connectivity index is 2.08. The van der Waals surface area contributed by atoms with Gasteiger partial charge in [-0.3, -0.25) is 0 Å². The van der Waals surface area contributed by atoms with E-state index in [2.05, 4.69) is 29.0 Å². The maximum absolute atomic E-state index is 5.87. The zero-order valence-electron chi connectivity index (χ0n) is 10.5. The fourth-order valence-corrected chi connectivity index (χ4v) is 2.37. The van der Waals surface area contributed by atoms with Gasteiger partial charge in [-0.15, -0.1) is 0 Å². The van der Waals surface area contributed by atoms with Crippen molar-refractivity contribution in [2.24, 2.45) is 0 Å². The molecule has 4 heteroatoms. The van der Waals surface area contributed by atoms with Crippen LogP contribution in [0.25, 0.3) is 0 Å². The Hall–Kier alpha value is -0.800. The van der Waals surface area contributed by atoms with Crippen molar-refractivity contribution in [3.05, 3.63) is 23.4 Å². The summed E-state index contributed by atoms with van der Waals surface area (Å²) < 4.78 is 0. The van der Waals surface area contributed by atoms with Crippen LogP contribution in [-0.4, -0.2) is 30.2 Å². The van der Waals surface area contributed by atoms with Crippen molar-refractivity contribution in [1.29, 1.82) is 0 Å². The van der Waals surface area contributed by atoms with Crippen LogP contribution in [0.15, 0.2) is 18.3 Å². The average Bonchev–Trinajstić information content (AvgIpc) is 2.80. The highest BCUT2D eigenvalue weighted by Gasteiger charge is 2.20. The first-order chi connectivity index (χ1) is 8.16. The number of hydrogen-bond acceptors (Lipinski definition) is 3. The SMILES string of the molecule is CC(C)N(CC1CCCN1)c1ccc(Cl)cn1. The molecule has 1 aromatic heterocycles. The molecular weight excluding hydrogens is 234 g/mol. The molecule has 3 nitrogen and oxygen atoms in total. The van der Waals surface area contributed by atoms with Crippen LogP contribution in [0.1, 0.15) is 26.7 Å². The Morgan fingerprint density at radius 1 is 1.53 bits per heavy atom. The lowest BCUT2D eigenvalue weighted by molar-refractivity contribution is 0.549. The van der Waals surface area contributed by atoms with Crippen LogP contribution in [0.5, 0.6) is 0 Å². The van der Waals surface area contributed by atoms with Crippen LogP contribution in [0.2, 0.25) is 5.02 Å². The summed E-state index contributed by atoms with van der Waals surface area (Å²) in [4.78, 5) is 6.74. The summed E-state index contributed by atoms with van der Waals surface area (Å²) >= 11 is 5.87. The summed E-state index contributed by atoms with van der Waals surface area (Å²) in [5.74, 6) is 1.01. The number of nitrogens with one attached hydrogen (secondary N) is 1. The van der Waals surface area contributed by atoms with Gasteiger partial charge in [-0.1, -0.05) is 11.6 Å². The van der Waals surface area contributed by atoms with E-state index in [-0.39, 0.29) is 0 Å². The third kappa shape index (κ3) is 3.33. The molecule has 0 bridgehead atoms. The van der Waals surface area contributed by atoms with E-state index in [0.717, 1.165) is 18.9 Å². The smallest absolute Gasteiger partial charge is 0.128 e. The molecular formula is C13H20ClN3. The monoisotopic (exact) mass is 253 g/mol. The van der Waals surface area contributed by atoms with Gasteiger partial charge >= 0.3 is 0 Å². The number of pyridine rings is 1. The zero-order valence-corrected chi connectivity index (χ0v) is 11.2. The minimum Gasteiger partial charge on any atom is -0.353 e. The first-order valence-corrected chi connectivity index (χ1v) is 6.66. The molecule has 0 amide bonds. The maximum Gasteiger partial charge on any atom is 0.128 e. The highest BCUT2D eigenvalue weighted by molar-refractivity contribution is 6.30. The van der Waals surface area contributed by atoms with E-state index in [9.17, 15) is 0 Å². The van der Waals surface area contributed by atoms with Crippen LogP contribution in [-0.2, 0) is 0 Å². The molecule has 94 valence electrons. The molecule has 1 aliphatic rings. The van der Waals surface area contributed by atoms with Gasteiger partial charge in [0.25, 0.3) is 0 Å². The Morgan fingerprint density at radius 2 is 2.35 bits per heavy atom. The van der Waals surface area contributed by atoms with Gasteiger partial charge < -0.3 is 10.2 Å². The third-order valence-electron chi connectivity index (χ3n) is 3.21. The Labute approximate surface area is 108 Å². The lowest BCUT2D eigenvalue weighted by Gasteiger charge is -2.30. The molecule has 2 rings (SSSR count). The Kier molecular flexibility index (Phi) is 4.24. The lowest BCUT2D eigenvalue weighted by Crippen LogP contribution is -2.41. The van der Waals surface area contributed by atoms with E-state index < -0.39 is 0 Å². The average molecular weight is 254 g/mol. The van der Waals surface area contributed by atoms with Crippen LogP contribution < -0.4 is 10.2 Å². The van der Waals surface area contributed by atoms with Crippen molar-refractivity contribution < 1.29 is 0 Å². The van der Waals surface area contributed by atoms with Crippen LogP contribution in [0.3, 0.4) is 0 Å². The predicted octanol–water partition coefficient (Wildman–Crippen LogP) is 2.70. The van der Waals surface area contributed by atoms with E-state index in [1.165, 1.54) is 12.8 Å². The molecule has 0 aromatic carbocycles. The molecule has 1 aromatic rings. The fourth-order valence-electron chi connectivity index (χ4n) is 2.26. The summed E-state index contributed by atoms with van der Waals surface area (Å²) in [7, 11) is 0. The van der Waals surface area contributed by atoms with E-state index in [1.807, 2.05) is 12.1 Å². The normalized spacial score (nSPS) is 19.9. The van der Waals surface area contributed by atoms with Crippen molar-refractivity contribution in [2.45, 2.75) is 38.8 Å². The summed E-state index contributed by atoms with van der Waals surface area (Å²) in [5, 5.41) is 4.22. The van der Waals surface area contributed by atoms with Crippen molar-refractivity contribution in [3.63, 3.8) is 0 Å². The lowest BCUT2D eigenvalue weighted by atomic mass is 10.2. The first kappa shape index (κ1) is 12.7. The van der Waals surface area contributed by atoms with Crippen LogP contribution in [0, 0.1) is 0 Å². The molecule has 2 heterocycles. The highest BCUT2D eigenvalue weighted by atomic mass is 35.5. The van der Waals surface area contributed by atoms with Crippen molar-refractivity contribution in [1.82, 2.24) is 10.3 Å². The molecule has 0 aliphatic carbocycles. The van der Waals surface area contributed by atoms with Gasteiger partial charge in [-0.05, 0) is 45.4 Å². The number of anilines is 1. The topological polar surface area (TPSA) is 28.2 Å². The van der Waals surface area contributed by atoms with Crippen LogP contribution in [0.4, 0.5) is 5.82 Å². The second kappa shape index (κ2) is 5.69. The van der Waals surface area contributed by atoms with E-state index in [4.69, 9.17) is 11.6 Å². The minimum absolute atomic E-state index is 0.450. The van der Waals surface area contributed by atoms with Crippen LogP contribution >= 0.6 is 11.6 Å². The van der Waals surface area contributed by atoms with E-state index >= 15 is 0 Å². The summed E-state index contributed by atoms with van der Waals surface area (Å²) in [6.07, 6.45) is 4.26. The van der Waals surface area contributed by atoms with E-state index in [0.29, 0.717) is 17.1 Å². The van der Waals surface area contributed by atoms with Crippen molar-refractivity contribution >= 4 is 17.4 Å².